The fraction of sp³-hybridized carbons (Fsp3) is 0.500. The smallest absolute Gasteiger partial charge is 0.407 e. The van der Waals surface area contributed by atoms with Gasteiger partial charge in [-0.3, -0.25) is 4.79 Å². The highest BCUT2D eigenvalue weighted by molar-refractivity contribution is 5.87. The molecular weight excluding hydrogens is 295 g/mol. The minimum Gasteiger partial charge on any atom is -0.478 e. The Morgan fingerprint density at radius 1 is 1.45 bits per heavy atom. The molecule has 0 aliphatic heterocycles. The lowest BCUT2D eigenvalue weighted by molar-refractivity contribution is 0.0503. The van der Waals surface area contributed by atoms with Crippen LogP contribution in [0.15, 0.2) is 17.1 Å². The second-order valence-electron chi connectivity index (χ2n) is 5.89. The first kappa shape index (κ1) is 17.7. The number of alkyl carbamates (subject to hydrolysis) is 1. The Morgan fingerprint density at radius 3 is 2.55 bits per heavy atom. The lowest BCUT2D eigenvalue weighted by atomic mass is 10.2. The van der Waals surface area contributed by atoms with Gasteiger partial charge in [0.2, 0.25) is 0 Å². The molecule has 1 unspecified atom stereocenters. The van der Waals surface area contributed by atoms with E-state index in [1.165, 1.54) is 0 Å². The van der Waals surface area contributed by atoms with Gasteiger partial charge in [-0.2, -0.15) is 0 Å². The minimum absolute atomic E-state index is 0.0872. The van der Waals surface area contributed by atoms with Crippen molar-refractivity contribution in [2.24, 2.45) is 0 Å². The summed E-state index contributed by atoms with van der Waals surface area (Å²) in [6.07, 6.45) is 0.351. The van der Waals surface area contributed by atoms with Gasteiger partial charge in [-0.1, -0.05) is 0 Å². The van der Waals surface area contributed by atoms with Gasteiger partial charge in [-0.05, 0) is 33.8 Å². The van der Waals surface area contributed by atoms with E-state index in [2.05, 4.69) is 5.32 Å². The second-order valence-corrected chi connectivity index (χ2v) is 5.89. The molecule has 0 aromatic carbocycles. The third-order valence-corrected chi connectivity index (χ3v) is 2.52. The summed E-state index contributed by atoms with van der Waals surface area (Å²) in [6, 6.07) is 0.101. The number of carbonyl (C=O) groups is 2. The summed E-state index contributed by atoms with van der Waals surface area (Å²) < 4.78 is 19.4. The van der Waals surface area contributed by atoms with E-state index < -0.39 is 35.1 Å². The first-order chi connectivity index (χ1) is 9.99. The van der Waals surface area contributed by atoms with E-state index in [0.29, 0.717) is 6.07 Å². The maximum absolute atomic E-state index is 13.4. The summed E-state index contributed by atoms with van der Waals surface area (Å²) in [6.45, 7) is 6.60. The maximum atomic E-state index is 13.4. The molecule has 0 aliphatic rings. The van der Waals surface area contributed by atoms with Crippen LogP contribution in [-0.4, -0.2) is 33.4 Å². The summed E-state index contributed by atoms with van der Waals surface area (Å²) in [5.74, 6) is -2.51. The number of nitrogens with zero attached hydrogens (tertiary/aromatic N) is 1. The zero-order valence-electron chi connectivity index (χ0n) is 12.8. The molecule has 0 fully saturated rings. The van der Waals surface area contributed by atoms with Crippen molar-refractivity contribution in [1.82, 2.24) is 9.88 Å². The second kappa shape index (κ2) is 6.59. The van der Waals surface area contributed by atoms with Crippen molar-refractivity contribution in [2.45, 2.75) is 45.9 Å². The molecule has 122 valence electrons. The van der Waals surface area contributed by atoms with Crippen LogP contribution in [0.4, 0.5) is 9.18 Å². The molecule has 1 amide bonds. The highest BCUT2D eigenvalue weighted by Crippen LogP contribution is 2.07. The summed E-state index contributed by atoms with van der Waals surface area (Å²) in [5.41, 5.74) is -1.97. The van der Waals surface area contributed by atoms with Crippen LogP contribution >= 0.6 is 0 Å². The van der Waals surface area contributed by atoms with Crippen LogP contribution in [0.3, 0.4) is 0 Å². The van der Waals surface area contributed by atoms with E-state index in [1.54, 1.807) is 27.7 Å². The highest BCUT2D eigenvalue weighted by atomic mass is 19.1. The van der Waals surface area contributed by atoms with Crippen molar-refractivity contribution in [3.63, 3.8) is 0 Å². The predicted octanol–water partition coefficient (Wildman–Crippen LogP) is 1.60. The van der Waals surface area contributed by atoms with Crippen LogP contribution in [-0.2, 0) is 11.3 Å². The first-order valence-corrected chi connectivity index (χ1v) is 6.62. The average Bonchev–Trinajstić information content (AvgIpc) is 2.31. The van der Waals surface area contributed by atoms with Gasteiger partial charge in [0.05, 0.1) is 5.56 Å². The Balaban J connectivity index is 2.84. The first-order valence-electron chi connectivity index (χ1n) is 6.62. The monoisotopic (exact) mass is 314 g/mol. The van der Waals surface area contributed by atoms with Gasteiger partial charge in [0.15, 0.2) is 5.82 Å². The number of aromatic nitrogens is 1. The number of hydrogen-bond acceptors (Lipinski definition) is 4. The number of pyridine rings is 1. The molecule has 1 heterocycles. The molecule has 0 aliphatic carbocycles. The van der Waals surface area contributed by atoms with E-state index in [0.717, 1.165) is 10.8 Å². The van der Waals surface area contributed by atoms with Crippen LogP contribution < -0.4 is 10.9 Å². The number of aromatic carboxylic acids is 1. The summed E-state index contributed by atoms with van der Waals surface area (Å²) in [5, 5.41) is 11.3. The number of amides is 1. The molecule has 0 saturated carbocycles. The molecule has 8 heteroatoms. The Kier molecular flexibility index (Phi) is 5.29. The zero-order valence-corrected chi connectivity index (χ0v) is 12.8. The lowest BCUT2D eigenvalue weighted by Gasteiger charge is -2.22. The van der Waals surface area contributed by atoms with Crippen LogP contribution in [0.25, 0.3) is 0 Å². The van der Waals surface area contributed by atoms with Crippen molar-refractivity contribution < 1.29 is 23.8 Å². The van der Waals surface area contributed by atoms with E-state index in [1.807, 2.05) is 0 Å². The molecule has 0 saturated heterocycles. The fourth-order valence-corrected chi connectivity index (χ4v) is 1.70. The molecule has 2 N–H and O–H groups in total. The fourth-order valence-electron chi connectivity index (χ4n) is 1.70. The molecule has 7 nitrogen and oxygen atoms in total. The normalized spacial score (nSPS) is 12.6. The van der Waals surface area contributed by atoms with Gasteiger partial charge in [0, 0.05) is 18.8 Å². The maximum Gasteiger partial charge on any atom is 0.407 e. The lowest BCUT2D eigenvalue weighted by Crippen LogP contribution is -2.41. The Morgan fingerprint density at radius 2 is 2.05 bits per heavy atom. The number of carboxylic acid groups (broad SMARTS) is 1. The van der Waals surface area contributed by atoms with Crippen molar-refractivity contribution >= 4 is 12.1 Å². The van der Waals surface area contributed by atoms with Crippen molar-refractivity contribution in [3.05, 3.63) is 34.0 Å². The number of hydrogen-bond donors (Lipinski definition) is 2. The van der Waals surface area contributed by atoms with Crippen LogP contribution in [0.5, 0.6) is 0 Å². The largest absolute Gasteiger partial charge is 0.478 e. The summed E-state index contributed by atoms with van der Waals surface area (Å²) in [4.78, 5) is 34.1. The third kappa shape index (κ3) is 5.19. The molecule has 1 rings (SSSR count). The van der Waals surface area contributed by atoms with Gasteiger partial charge >= 0.3 is 12.1 Å². The van der Waals surface area contributed by atoms with Gasteiger partial charge < -0.3 is 19.7 Å². The molecule has 1 aromatic heterocycles. The minimum atomic E-state index is -1.35. The zero-order chi connectivity index (χ0) is 17.1. The highest BCUT2D eigenvalue weighted by Gasteiger charge is 2.19. The Labute approximate surface area is 126 Å². The number of carbonyl (C=O) groups excluding carboxylic acids is 1. The van der Waals surface area contributed by atoms with Crippen molar-refractivity contribution in [3.8, 4) is 0 Å². The van der Waals surface area contributed by atoms with Crippen LogP contribution in [0.1, 0.15) is 38.1 Å². The molecule has 22 heavy (non-hydrogen) atoms. The number of ether oxygens (including phenoxy) is 1. The Bertz CT molecular complexity index is 633. The summed E-state index contributed by atoms with van der Waals surface area (Å²) >= 11 is 0. The number of halogens is 1. The summed E-state index contributed by atoms with van der Waals surface area (Å²) in [7, 11) is 0. The molecule has 0 bridgehead atoms. The van der Waals surface area contributed by atoms with Crippen LogP contribution in [0, 0.1) is 5.82 Å². The molecule has 0 radical (unpaired) electrons. The quantitative estimate of drug-likeness (QED) is 0.879. The van der Waals surface area contributed by atoms with E-state index in [9.17, 15) is 18.8 Å². The molecule has 1 aromatic rings. The van der Waals surface area contributed by atoms with Gasteiger partial charge in [-0.25, -0.2) is 14.0 Å². The number of nitrogens with one attached hydrogen (secondary N) is 1. The van der Waals surface area contributed by atoms with Gasteiger partial charge in [0.25, 0.3) is 5.56 Å². The predicted molar refractivity (Wildman–Crippen MR) is 76.5 cm³/mol. The topological polar surface area (TPSA) is 97.6 Å². The molecule has 1 atom stereocenters. The van der Waals surface area contributed by atoms with E-state index >= 15 is 0 Å². The Hall–Kier alpha value is -2.38. The van der Waals surface area contributed by atoms with Gasteiger partial charge in [-0.15, -0.1) is 0 Å². The van der Waals surface area contributed by atoms with E-state index in [4.69, 9.17) is 9.84 Å². The van der Waals surface area contributed by atoms with Gasteiger partial charge in [0.1, 0.15) is 5.60 Å². The molecule has 0 spiro atoms. The number of rotatable bonds is 4. The van der Waals surface area contributed by atoms with Crippen molar-refractivity contribution in [2.75, 3.05) is 0 Å². The SMILES string of the molecule is CC(Cn1cc(C(=O)O)cc(F)c1=O)NC(=O)OC(C)(C)C. The average molecular weight is 314 g/mol. The van der Waals surface area contributed by atoms with E-state index in [-0.39, 0.29) is 12.1 Å². The standard InChI is InChI=1S/C14H19FN2O5/c1-8(16-13(21)22-14(2,3)4)6-17-7-9(12(19)20)5-10(15)11(17)18/h5,7-8H,6H2,1-4H3,(H,16,21)(H,19,20). The van der Waals surface area contributed by atoms with Crippen LogP contribution in [0.2, 0.25) is 0 Å². The molecular formula is C14H19FN2O5. The number of carboxylic acids is 1. The third-order valence-electron chi connectivity index (χ3n) is 2.52. The van der Waals surface area contributed by atoms with Crippen molar-refractivity contribution in [1.29, 1.82) is 0 Å².